The normalized spacial score (nSPS) is 16.0. The van der Waals surface area contributed by atoms with Crippen LogP contribution in [-0.2, 0) is 11.3 Å². The fraction of sp³-hybridized carbons (Fsp3) is 0.600. The van der Waals surface area contributed by atoms with Gasteiger partial charge in [0.25, 0.3) is 5.69 Å². The van der Waals surface area contributed by atoms with E-state index >= 15 is 0 Å². The van der Waals surface area contributed by atoms with E-state index in [0.29, 0.717) is 24.3 Å². The molecular formula is C15H21ClN2O3. The number of hydrogen-bond acceptors (Lipinski definition) is 4. The highest BCUT2D eigenvalue weighted by Crippen LogP contribution is 2.22. The summed E-state index contributed by atoms with van der Waals surface area (Å²) in [7, 11) is 0. The van der Waals surface area contributed by atoms with Gasteiger partial charge in [-0.2, -0.15) is 0 Å². The number of halogens is 1. The lowest BCUT2D eigenvalue weighted by atomic mass is 9.98. The van der Waals surface area contributed by atoms with E-state index < -0.39 is 4.92 Å². The van der Waals surface area contributed by atoms with Crippen molar-refractivity contribution >= 4 is 17.3 Å². The maximum atomic E-state index is 10.6. The minimum absolute atomic E-state index is 0.0179. The van der Waals surface area contributed by atoms with Crippen molar-refractivity contribution < 1.29 is 9.66 Å². The molecule has 0 amide bonds. The van der Waals surface area contributed by atoms with E-state index in [2.05, 4.69) is 5.32 Å². The van der Waals surface area contributed by atoms with Crippen LogP contribution < -0.4 is 5.32 Å². The summed E-state index contributed by atoms with van der Waals surface area (Å²) in [5.74, 6) is 0. The number of rotatable bonds is 7. The predicted molar refractivity (Wildman–Crippen MR) is 82.6 cm³/mol. The van der Waals surface area contributed by atoms with Crippen LogP contribution in [0.25, 0.3) is 0 Å². The monoisotopic (exact) mass is 312 g/mol. The van der Waals surface area contributed by atoms with Gasteiger partial charge in [-0.3, -0.25) is 10.1 Å². The Morgan fingerprint density at radius 3 is 2.76 bits per heavy atom. The maximum Gasteiger partial charge on any atom is 0.270 e. The zero-order valence-corrected chi connectivity index (χ0v) is 12.8. The summed E-state index contributed by atoms with van der Waals surface area (Å²) in [6.07, 6.45) is 6.65. The molecule has 1 aliphatic carbocycles. The number of hydrogen-bond donors (Lipinski definition) is 1. The van der Waals surface area contributed by atoms with Gasteiger partial charge in [0.15, 0.2) is 0 Å². The Bertz CT molecular complexity index is 476. The second-order valence-corrected chi connectivity index (χ2v) is 5.75. The van der Waals surface area contributed by atoms with Crippen LogP contribution in [0.1, 0.15) is 37.7 Å². The number of benzene rings is 1. The van der Waals surface area contributed by atoms with Crippen molar-refractivity contribution in [3.8, 4) is 0 Å². The van der Waals surface area contributed by atoms with Gasteiger partial charge in [0, 0.05) is 25.2 Å². The predicted octanol–water partition coefficient (Wildman–Crippen LogP) is 3.69. The van der Waals surface area contributed by atoms with Crippen LogP contribution in [0.2, 0.25) is 5.02 Å². The van der Waals surface area contributed by atoms with Crippen molar-refractivity contribution in [2.45, 2.75) is 44.8 Å². The Morgan fingerprint density at radius 2 is 2.10 bits per heavy atom. The molecule has 1 saturated carbocycles. The SMILES string of the molecule is O=[N+]([O-])c1ccc(CNCCOC2CCCCC2)c(Cl)c1. The van der Waals surface area contributed by atoms with Crippen molar-refractivity contribution in [3.63, 3.8) is 0 Å². The molecule has 1 fully saturated rings. The quantitative estimate of drug-likeness (QED) is 0.474. The number of non-ortho nitro benzene ring substituents is 1. The van der Waals surface area contributed by atoms with Gasteiger partial charge < -0.3 is 10.1 Å². The second kappa shape index (κ2) is 8.32. The van der Waals surface area contributed by atoms with E-state index in [1.165, 1.54) is 44.2 Å². The first-order valence-electron chi connectivity index (χ1n) is 7.42. The van der Waals surface area contributed by atoms with Gasteiger partial charge >= 0.3 is 0 Å². The van der Waals surface area contributed by atoms with Gasteiger partial charge in [0.2, 0.25) is 0 Å². The molecule has 0 saturated heterocycles. The summed E-state index contributed by atoms with van der Waals surface area (Å²) in [6.45, 7) is 2.03. The summed E-state index contributed by atoms with van der Waals surface area (Å²) in [5, 5.41) is 14.3. The molecule has 0 aliphatic heterocycles. The van der Waals surface area contributed by atoms with Crippen LogP contribution in [0, 0.1) is 10.1 Å². The van der Waals surface area contributed by atoms with Crippen molar-refractivity contribution in [3.05, 3.63) is 38.9 Å². The number of nitrogens with one attached hydrogen (secondary N) is 1. The number of nitro groups is 1. The van der Waals surface area contributed by atoms with Crippen LogP contribution >= 0.6 is 11.6 Å². The fourth-order valence-corrected chi connectivity index (χ4v) is 2.79. The summed E-state index contributed by atoms with van der Waals surface area (Å²) in [4.78, 5) is 10.2. The van der Waals surface area contributed by atoms with Gasteiger partial charge in [0.1, 0.15) is 0 Å². The summed E-state index contributed by atoms with van der Waals surface area (Å²) in [6, 6.07) is 4.55. The minimum atomic E-state index is -0.443. The van der Waals surface area contributed by atoms with Crippen molar-refractivity contribution in [1.29, 1.82) is 0 Å². The standard InChI is InChI=1S/C15H21ClN2O3/c16-15-10-13(18(19)20)7-6-12(15)11-17-8-9-21-14-4-2-1-3-5-14/h6-7,10,14,17H,1-5,8-9,11H2. The molecule has 0 aromatic heterocycles. The smallest absolute Gasteiger partial charge is 0.270 e. The molecule has 21 heavy (non-hydrogen) atoms. The Hall–Kier alpha value is -1.17. The summed E-state index contributed by atoms with van der Waals surface area (Å²) >= 11 is 6.03. The lowest BCUT2D eigenvalue weighted by molar-refractivity contribution is -0.384. The Morgan fingerprint density at radius 1 is 1.33 bits per heavy atom. The fourth-order valence-electron chi connectivity index (χ4n) is 2.55. The Kier molecular flexibility index (Phi) is 6.42. The molecule has 0 unspecified atom stereocenters. The molecule has 0 bridgehead atoms. The molecule has 0 atom stereocenters. The summed E-state index contributed by atoms with van der Waals surface area (Å²) < 4.78 is 5.82. The van der Waals surface area contributed by atoms with Crippen LogP contribution in [0.15, 0.2) is 18.2 Å². The van der Waals surface area contributed by atoms with E-state index in [1.54, 1.807) is 6.07 Å². The molecular weight excluding hydrogens is 292 g/mol. The second-order valence-electron chi connectivity index (χ2n) is 5.34. The molecule has 2 rings (SSSR count). The molecule has 0 radical (unpaired) electrons. The molecule has 116 valence electrons. The van der Waals surface area contributed by atoms with Crippen molar-refractivity contribution in [2.24, 2.45) is 0 Å². The van der Waals surface area contributed by atoms with E-state index in [9.17, 15) is 10.1 Å². The number of nitro benzene ring substituents is 1. The van der Waals surface area contributed by atoms with Gasteiger partial charge in [-0.25, -0.2) is 0 Å². The van der Waals surface area contributed by atoms with Gasteiger partial charge in [-0.15, -0.1) is 0 Å². The van der Waals surface area contributed by atoms with Gasteiger partial charge in [-0.1, -0.05) is 30.9 Å². The third-order valence-corrected chi connectivity index (χ3v) is 4.10. The zero-order chi connectivity index (χ0) is 15.1. The first-order valence-corrected chi connectivity index (χ1v) is 7.80. The molecule has 1 aromatic carbocycles. The van der Waals surface area contributed by atoms with Crippen LogP contribution in [0.5, 0.6) is 0 Å². The largest absolute Gasteiger partial charge is 0.377 e. The van der Waals surface area contributed by atoms with Crippen molar-refractivity contribution in [2.75, 3.05) is 13.2 Å². The van der Waals surface area contributed by atoms with Gasteiger partial charge in [0.05, 0.1) is 22.7 Å². The molecule has 1 aliphatic rings. The highest BCUT2D eigenvalue weighted by molar-refractivity contribution is 6.31. The van der Waals surface area contributed by atoms with E-state index in [-0.39, 0.29) is 5.69 Å². The van der Waals surface area contributed by atoms with E-state index in [1.807, 2.05) is 0 Å². The Labute approximate surface area is 129 Å². The minimum Gasteiger partial charge on any atom is -0.377 e. The first kappa shape index (κ1) is 16.2. The number of ether oxygens (including phenoxy) is 1. The average molecular weight is 313 g/mol. The van der Waals surface area contributed by atoms with Gasteiger partial charge in [-0.05, 0) is 24.5 Å². The number of nitrogens with zero attached hydrogens (tertiary/aromatic N) is 1. The third kappa shape index (κ3) is 5.26. The molecule has 1 aromatic rings. The molecule has 0 spiro atoms. The molecule has 6 heteroatoms. The van der Waals surface area contributed by atoms with Crippen LogP contribution in [-0.4, -0.2) is 24.2 Å². The molecule has 0 heterocycles. The van der Waals surface area contributed by atoms with Crippen LogP contribution in [0.3, 0.4) is 0 Å². The summed E-state index contributed by atoms with van der Waals surface area (Å²) in [5.41, 5.74) is 0.879. The van der Waals surface area contributed by atoms with E-state index in [4.69, 9.17) is 16.3 Å². The maximum absolute atomic E-state index is 10.6. The zero-order valence-electron chi connectivity index (χ0n) is 12.0. The Balaban J connectivity index is 1.67. The lowest BCUT2D eigenvalue weighted by Crippen LogP contribution is -2.24. The first-order chi connectivity index (χ1) is 10.2. The highest BCUT2D eigenvalue weighted by atomic mass is 35.5. The molecule has 5 nitrogen and oxygen atoms in total. The lowest BCUT2D eigenvalue weighted by Gasteiger charge is -2.22. The average Bonchev–Trinajstić information content (AvgIpc) is 2.49. The van der Waals surface area contributed by atoms with Crippen molar-refractivity contribution in [1.82, 2.24) is 5.32 Å². The van der Waals surface area contributed by atoms with E-state index in [0.717, 1.165) is 12.1 Å². The third-order valence-electron chi connectivity index (χ3n) is 3.75. The molecule has 1 N–H and O–H groups in total. The van der Waals surface area contributed by atoms with Crippen LogP contribution in [0.4, 0.5) is 5.69 Å². The topological polar surface area (TPSA) is 64.4 Å². The highest BCUT2D eigenvalue weighted by Gasteiger charge is 2.13.